The van der Waals surface area contributed by atoms with Crippen LogP contribution in [0, 0.1) is 11.8 Å². The van der Waals surface area contributed by atoms with Gasteiger partial charge in [-0.15, -0.1) is 0 Å². The number of Topliss-reactive ketones (excluding diaryl/α,β-unsaturated/α-hetero) is 2. The van der Waals surface area contributed by atoms with E-state index in [0.717, 1.165) is 7.11 Å². The van der Waals surface area contributed by atoms with E-state index in [4.69, 9.17) is 39.1 Å². The van der Waals surface area contributed by atoms with Gasteiger partial charge in [-0.2, -0.15) is 0 Å². The molecule has 1 saturated heterocycles. The number of phenols is 2. The fourth-order valence-electron chi connectivity index (χ4n) is 8.83. The molecule has 3 rings (SSSR count). The number of nitrogens with one attached hydrogen (secondary N) is 7. The number of hydrogen-bond acceptors (Lipinski definition) is 18. The number of carbonyl (C=O) groups excluding carboxylic acids is 10. The summed E-state index contributed by atoms with van der Waals surface area (Å²) in [5.74, 6) is -9.53. The van der Waals surface area contributed by atoms with Crippen LogP contribution in [0.25, 0.3) is 0 Å². The van der Waals surface area contributed by atoms with Crippen LogP contribution in [-0.2, 0) is 65.5 Å². The number of carbonyl (C=O) groups is 10. The van der Waals surface area contributed by atoms with E-state index in [9.17, 15) is 58.2 Å². The quantitative estimate of drug-likeness (QED) is 0.00785. The zero-order valence-corrected chi connectivity index (χ0v) is 47.7. The van der Waals surface area contributed by atoms with Gasteiger partial charge in [0.05, 0.1) is 38.2 Å². The zero-order chi connectivity index (χ0) is 61.9. The Kier molecular flexibility index (Phi) is 28.8. The molecule has 9 atom stereocenters. The summed E-state index contributed by atoms with van der Waals surface area (Å²) < 4.78 is 4.96. The summed E-state index contributed by atoms with van der Waals surface area (Å²) in [6, 6.07) is 1.27. The smallest absolute Gasteiger partial charge is 0.328 e. The van der Waals surface area contributed by atoms with Gasteiger partial charge in [-0.25, -0.2) is 15.6 Å². The highest BCUT2D eigenvalue weighted by Gasteiger charge is 2.40. The number of methoxy groups -OCH3 is 1. The highest BCUT2D eigenvalue weighted by atomic mass is 16.5. The van der Waals surface area contributed by atoms with E-state index >= 15 is 0 Å². The Morgan fingerprint density at radius 3 is 1.67 bits per heavy atom. The van der Waals surface area contributed by atoms with Gasteiger partial charge in [-0.05, 0) is 92.2 Å². The number of phenolic OH excluding ortho intramolecular Hbond substituents is 2. The van der Waals surface area contributed by atoms with E-state index < -0.39 is 120 Å². The molecule has 0 saturated carbocycles. The number of ketones is 2. The predicted octanol–water partition coefficient (Wildman–Crippen LogP) is -3.53. The lowest BCUT2D eigenvalue weighted by molar-refractivity contribution is -0.145. The minimum absolute atomic E-state index is 0.0120. The molecule has 0 radical (unpaired) electrons. The lowest BCUT2D eigenvalue weighted by Crippen LogP contribution is -2.60. The normalized spacial score (nSPS) is 15.8. The van der Waals surface area contributed by atoms with Crippen molar-refractivity contribution < 1.29 is 62.9 Å². The van der Waals surface area contributed by atoms with E-state index in [0.29, 0.717) is 24.0 Å². The van der Waals surface area contributed by atoms with Crippen molar-refractivity contribution in [1.29, 1.82) is 0 Å². The molecule has 0 aliphatic carbocycles. The second-order valence-corrected chi connectivity index (χ2v) is 20.7. The SMILES string of the molecule is CC[C@H](C)[C@H](N)C(=O)N[C@@H](CC(N)=O)C(=O)N1CCC[C@H]1C(=O)NCC(=O)N[C@@H](Cc1ccc(O)cc1)C(=O)C(=O)[C@H](CCCN=C(N)N)NN[C@@H](CC(C)C)C(=O)N[C@@H](CCCN=C(N)N)C(=O)N[C@@H](Cc1ccc(O)cc1)C(=O)OC. The van der Waals surface area contributed by atoms with E-state index in [2.05, 4.69) is 47.4 Å². The minimum Gasteiger partial charge on any atom is -0.508 e. The maximum absolute atomic E-state index is 14.5. The van der Waals surface area contributed by atoms with E-state index in [1.807, 2.05) is 20.8 Å². The van der Waals surface area contributed by atoms with Gasteiger partial charge in [0.15, 0.2) is 11.9 Å². The van der Waals surface area contributed by atoms with Gasteiger partial charge in [0, 0.05) is 32.5 Å². The van der Waals surface area contributed by atoms with Gasteiger partial charge in [-0.1, -0.05) is 58.4 Å². The van der Waals surface area contributed by atoms with E-state index in [-0.39, 0.29) is 106 Å². The Morgan fingerprint density at radius 2 is 1.16 bits per heavy atom. The molecule has 29 heteroatoms. The number of esters is 1. The Balaban J connectivity index is 1.89. The van der Waals surface area contributed by atoms with Crippen molar-refractivity contribution in [2.45, 2.75) is 147 Å². The van der Waals surface area contributed by atoms with Crippen LogP contribution in [-0.4, -0.2) is 168 Å². The molecule has 1 aliphatic rings. The number of primary amides is 1. The third-order valence-corrected chi connectivity index (χ3v) is 13.6. The molecule has 0 spiro atoms. The number of aliphatic imine (C=N–C) groups is 2. The zero-order valence-electron chi connectivity index (χ0n) is 47.7. The average Bonchev–Trinajstić information content (AvgIpc) is 4.23. The molecule has 0 unspecified atom stereocenters. The van der Waals surface area contributed by atoms with Crippen LogP contribution in [0.2, 0.25) is 0 Å². The molecule has 0 aromatic heterocycles. The van der Waals surface area contributed by atoms with E-state index in [1.165, 1.54) is 41.3 Å². The molecular weight excluding hydrogens is 1080 g/mol. The lowest BCUT2D eigenvalue weighted by atomic mass is 9.95. The van der Waals surface area contributed by atoms with Crippen LogP contribution >= 0.6 is 0 Å². The molecule has 2 aromatic rings. The van der Waals surface area contributed by atoms with Crippen molar-refractivity contribution in [1.82, 2.24) is 42.3 Å². The lowest BCUT2D eigenvalue weighted by Gasteiger charge is -2.29. The monoisotopic (exact) mass is 1160 g/mol. The molecule has 1 heterocycles. The molecule has 29 nitrogen and oxygen atoms in total. The van der Waals surface area contributed by atoms with Crippen molar-refractivity contribution in [3.8, 4) is 11.5 Å². The number of benzene rings is 2. The Hall–Kier alpha value is -8.44. The van der Waals surface area contributed by atoms with Crippen LogP contribution in [0.5, 0.6) is 11.5 Å². The Labute approximate surface area is 482 Å². The van der Waals surface area contributed by atoms with Gasteiger partial charge in [-0.3, -0.25) is 53.1 Å². The number of nitrogens with zero attached hydrogens (tertiary/aromatic N) is 3. The molecular formula is C54H84N16O13. The molecule has 1 fully saturated rings. The standard InChI is InChI=1S/C54H84N16O13/c1-6-30(4)44(56)50(80)66-39(27-42(55)73)51(81)70-23-9-12-41(70)49(79)63-28-43(74)64-37(25-31-13-17-33(71)18-14-31)46(76)45(75)35(10-7-21-61-53(57)58)68-69-38(24-29(2)3)48(78)65-36(11-8-22-62-54(59)60)47(77)67-40(52(82)83-5)26-32-15-19-34(72)20-16-32/h13-20,29-30,35-41,44,68-69,71-72H,6-12,21-28,56H2,1-5H3,(H2,55,73)(H,63,79)(H,64,74)(H,65,78)(H,66,80)(H,67,77)(H4,57,58,61)(H4,59,60,62)/t30-,35-,36-,37-,38-,39-,40-,41-,44-/m0/s1. The summed E-state index contributed by atoms with van der Waals surface area (Å²) in [5, 5.41) is 32.7. The molecule has 7 amide bonds. The summed E-state index contributed by atoms with van der Waals surface area (Å²) in [5.41, 5.74) is 40.3. The Bertz CT molecular complexity index is 2590. The first kappa shape index (κ1) is 68.8. The summed E-state index contributed by atoms with van der Waals surface area (Å²) in [4.78, 5) is 146. The first-order valence-corrected chi connectivity index (χ1v) is 27.4. The average molecular weight is 1170 g/mol. The highest BCUT2D eigenvalue weighted by molar-refractivity contribution is 6.41. The largest absolute Gasteiger partial charge is 0.508 e. The van der Waals surface area contributed by atoms with Gasteiger partial charge >= 0.3 is 5.97 Å². The number of rotatable bonds is 36. The summed E-state index contributed by atoms with van der Waals surface area (Å²) in [6.45, 7) is 6.61. The van der Waals surface area contributed by atoms with Gasteiger partial charge in [0.1, 0.15) is 41.7 Å². The van der Waals surface area contributed by atoms with Crippen LogP contribution in [0.3, 0.4) is 0 Å². The topological polar surface area (TPSA) is 489 Å². The molecule has 1 aliphatic heterocycles. The van der Waals surface area contributed by atoms with Crippen molar-refractivity contribution >= 4 is 70.8 Å². The summed E-state index contributed by atoms with van der Waals surface area (Å²) in [6.07, 6.45) is 0.443. The number of hydrazine groups is 1. The number of aromatic hydroxyl groups is 2. The first-order chi connectivity index (χ1) is 39.2. The van der Waals surface area contributed by atoms with Gasteiger partial charge in [0.25, 0.3) is 0 Å². The highest BCUT2D eigenvalue weighted by Crippen LogP contribution is 2.21. The third kappa shape index (κ3) is 23.9. The van der Waals surface area contributed by atoms with Crippen molar-refractivity contribution in [3.63, 3.8) is 0 Å². The summed E-state index contributed by atoms with van der Waals surface area (Å²) in [7, 11) is 1.14. The second-order valence-electron chi connectivity index (χ2n) is 20.7. The maximum Gasteiger partial charge on any atom is 0.328 e. The first-order valence-electron chi connectivity index (χ1n) is 27.4. The predicted molar refractivity (Wildman–Crippen MR) is 305 cm³/mol. The molecule has 0 bridgehead atoms. The number of hydrogen-bond donors (Lipinski definition) is 15. The molecule has 21 N–H and O–H groups in total. The van der Waals surface area contributed by atoms with Crippen LogP contribution < -0.4 is 71.8 Å². The maximum atomic E-state index is 14.5. The Morgan fingerprint density at radius 1 is 0.663 bits per heavy atom. The molecule has 2 aromatic carbocycles. The van der Waals surface area contributed by atoms with E-state index in [1.54, 1.807) is 19.1 Å². The van der Waals surface area contributed by atoms with Crippen LogP contribution in [0.15, 0.2) is 58.5 Å². The van der Waals surface area contributed by atoms with Crippen molar-refractivity contribution in [2.75, 3.05) is 33.3 Å². The number of guanidine groups is 2. The molecule has 458 valence electrons. The number of ether oxygens (including phenoxy) is 1. The van der Waals surface area contributed by atoms with Crippen LogP contribution in [0.1, 0.15) is 96.6 Å². The summed E-state index contributed by atoms with van der Waals surface area (Å²) >= 11 is 0. The van der Waals surface area contributed by atoms with Crippen LogP contribution in [0.4, 0.5) is 0 Å². The minimum atomic E-state index is -1.58. The second kappa shape index (κ2) is 34.8. The number of likely N-dealkylation sites (tertiary alicyclic amines) is 1. The fraction of sp³-hybridized carbons (Fsp3) is 0.556. The third-order valence-electron chi connectivity index (χ3n) is 13.6. The molecule has 83 heavy (non-hydrogen) atoms. The van der Waals surface area contributed by atoms with Crippen molar-refractivity contribution in [2.24, 2.45) is 56.2 Å². The fourth-order valence-corrected chi connectivity index (χ4v) is 8.83. The van der Waals surface area contributed by atoms with Gasteiger partial charge in [0.2, 0.25) is 52.9 Å². The van der Waals surface area contributed by atoms with Gasteiger partial charge < -0.3 is 80.8 Å². The number of amides is 7. The van der Waals surface area contributed by atoms with Crippen molar-refractivity contribution in [3.05, 3.63) is 59.7 Å². The number of nitrogens with two attached hydrogens (primary N) is 6.